The first-order valence-corrected chi connectivity index (χ1v) is 7.83. The Morgan fingerprint density at radius 1 is 1.19 bits per heavy atom. The van der Waals surface area contributed by atoms with Gasteiger partial charge in [-0.3, -0.25) is 4.72 Å². The van der Waals surface area contributed by atoms with Gasteiger partial charge in [0.25, 0.3) is 10.0 Å². The van der Waals surface area contributed by atoms with Crippen LogP contribution in [-0.4, -0.2) is 18.4 Å². The van der Waals surface area contributed by atoms with Gasteiger partial charge in [0.05, 0.1) is 5.69 Å². The Labute approximate surface area is 122 Å². The lowest BCUT2D eigenvalue weighted by molar-refractivity contribution is 0.602. The van der Waals surface area contributed by atoms with Gasteiger partial charge in [0.1, 0.15) is 10.5 Å². The largest absolute Gasteiger partial charge is 0.345 e. The Bertz CT molecular complexity index is 887. The first-order chi connectivity index (χ1) is 10.1. The fraction of sp³-hybridized carbons (Fsp3) is 0.0714. The monoisotopic (exact) mass is 302 g/mol. The Hall–Kier alpha value is -2.38. The van der Waals surface area contributed by atoms with Crippen LogP contribution in [0.2, 0.25) is 0 Å². The number of anilines is 1. The van der Waals surface area contributed by atoms with E-state index >= 15 is 0 Å². The summed E-state index contributed by atoms with van der Waals surface area (Å²) in [7, 11) is -3.71. The number of para-hydroxylation sites is 1. The maximum Gasteiger partial charge on any atom is 0.264 e. The van der Waals surface area contributed by atoms with Gasteiger partial charge in [0, 0.05) is 24.3 Å². The van der Waals surface area contributed by atoms with Gasteiger partial charge >= 0.3 is 0 Å². The smallest absolute Gasteiger partial charge is 0.264 e. The molecule has 0 aliphatic rings. The molecular weight excluding hydrogens is 288 g/mol. The van der Waals surface area contributed by atoms with Crippen molar-refractivity contribution in [1.82, 2.24) is 9.97 Å². The van der Waals surface area contributed by atoms with Gasteiger partial charge < -0.3 is 10.7 Å². The number of benzene rings is 1. The number of fused-ring (bicyclic) bond motifs is 1. The van der Waals surface area contributed by atoms with Gasteiger partial charge in [-0.05, 0) is 23.8 Å². The van der Waals surface area contributed by atoms with Crippen LogP contribution in [0.3, 0.4) is 0 Å². The second-order valence-electron chi connectivity index (χ2n) is 4.52. The van der Waals surface area contributed by atoms with Crippen molar-refractivity contribution in [2.75, 3.05) is 4.72 Å². The number of aromatic nitrogens is 2. The average Bonchev–Trinajstić information content (AvgIpc) is 2.92. The molecule has 4 N–H and O–H groups in total. The number of aromatic amines is 1. The number of sulfonamides is 1. The summed E-state index contributed by atoms with van der Waals surface area (Å²) in [6.45, 7) is 0.258. The maximum atomic E-state index is 12.5. The molecule has 0 atom stereocenters. The topological polar surface area (TPSA) is 101 Å². The van der Waals surface area contributed by atoms with Crippen molar-refractivity contribution in [2.45, 2.75) is 11.4 Å². The second-order valence-corrected chi connectivity index (χ2v) is 6.17. The van der Waals surface area contributed by atoms with Crippen LogP contribution in [0, 0.1) is 0 Å². The van der Waals surface area contributed by atoms with Crippen molar-refractivity contribution >= 4 is 26.7 Å². The minimum Gasteiger partial charge on any atom is -0.345 e. The third kappa shape index (κ3) is 2.48. The molecule has 0 amide bonds. The minimum atomic E-state index is -3.71. The Morgan fingerprint density at radius 3 is 2.81 bits per heavy atom. The highest BCUT2D eigenvalue weighted by atomic mass is 32.2. The van der Waals surface area contributed by atoms with Gasteiger partial charge in [0.15, 0.2) is 0 Å². The molecule has 0 aliphatic heterocycles. The molecule has 0 unspecified atom stereocenters. The van der Waals surface area contributed by atoms with Crippen molar-refractivity contribution in [2.24, 2.45) is 5.73 Å². The number of nitrogens with zero attached hydrogens (tertiary/aromatic N) is 1. The number of pyridine rings is 1. The Morgan fingerprint density at radius 2 is 2.00 bits per heavy atom. The predicted octanol–water partition coefficient (Wildman–Crippen LogP) is 1.82. The molecular formula is C14H14N4O2S. The molecule has 3 rings (SSSR count). The molecule has 0 saturated carbocycles. The summed E-state index contributed by atoms with van der Waals surface area (Å²) in [6, 6.07) is 10.5. The highest BCUT2D eigenvalue weighted by molar-refractivity contribution is 7.93. The molecule has 7 heteroatoms. The third-order valence-electron chi connectivity index (χ3n) is 3.18. The van der Waals surface area contributed by atoms with E-state index < -0.39 is 10.0 Å². The normalized spacial score (nSPS) is 11.7. The van der Waals surface area contributed by atoms with Gasteiger partial charge in [-0.2, -0.15) is 0 Å². The fourth-order valence-corrected chi connectivity index (χ4v) is 3.42. The first kappa shape index (κ1) is 13.6. The summed E-state index contributed by atoms with van der Waals surface area (Å²) in [6.07, 6.45) is 3.04. The second kappa shape index (κ2) is 5.19. The molecule has 6 nitrogen and oxygen atoms in total. The molecule has 108 valence electrons. The molecule has 2 heterocycles. The quantitative estimate of drug-likeness (QED) is 0.684. The first-order valence-electron chi connectivity index (χ1n) is 6.35. The van der Waals surface area contributed by atoms with Gasteiger partial charge in [-0.25, -0.2) is 13.4 Å². The zero-order valence-corrected chi connectivity index (χ0v) is 11.9. The number of nitrogens with two attached hydrogens (primary N) is 1. The van der Waals surface area contributed by atoms with E-state index in [1.165, 1.54) is 6.20 Å². The van der Waals surface area contributed by atoms with E-state index in [0.29, 0.717) is 16.7 Å². The van der Waals surface area contributed by atoms with Crippen LogP contribution >= 0.6 is 0 Å². The van der Waals surface area contributed by atoms with E-state index in [1.54, 1.807) is 36.5 Å². The van der Waals surface area contributed by atoms with Crippen molar-refractivity contribution in [3.8, 4) is 0 Å². The highest BCUT2D eigenvalue weighted by Crippen LogP contribution is 2.24. The number of hydrogen-bond acceptors (Lipinski definition) is 4. The molecule has 0 fully saturated rings. The van der Waals surface area contributed by atoms with Crippen molar-refractivity contribution in [1.29, 1.82) is 0 Å². The number of H-pyrrole nitrogens is 1. The lowest BCUT2D eigenvalue weighted by Gasteiger charge is -2.10. The summed E-state index contributed by atoms with van der Waals surface area (Å²) >= 11 is 0. The van der Waals surface area contributed by atoms with Crippen LogP contribution in [0.25, 0.3) is 11.0 Å². The van der Waals surface area contributed by atoms with E-state index in [0.717, 1.165) is 5.56 Å². The average molecular weight is 302 g/mol. The zero-order valence-electron chi connectivity index (χ0n) is 11.1. The number of nitrogens with one attached hydrogen (secondary N) is 2. The standard InChI is InChI=1S/C14H14N4O2S/c15-8-10-4-1-2-6-12(10)18-21(19,20)13-9-17-14-11(13)5-3-7-16-14/h1-7,9,18H,8,15H2,(H,16,17). The molecule has 2 aromatic heterocycles. The lowest BCUT2D eigenvalue weighted by atomic mass is 10.2. The number of rotatable bonds is 4. The SMILES string of the molecule is NCc1ccccc1NS(=O)(=O)c1c[nH]c2ncccc12. The molecule has 0 aliphatic carbocycles. The molecule has 3 aromatic rings. The summed E-state index contributed by atoms with van der Waals surface area (Å²) in [5.74, 6) is 0. The minimum absolute atomic E-state index is 0.164. The number of hydrogen-bond donors (Lipinski definition) is 3. The van der Waals surface area contributed by atoms with Gasteiger partial charge in [-0.1, -0.05) is 18.2 Å². The molecule has 1 aromatic carbocycles. The van der Waals surface area contributed by atoms with Crippen LogP contribution in [-0.2, 0) is 16.6 Å². The summed E-state index contributed by atoms with van der Waals surface area (Å²) in [5, 5.41) is 0.551. The van der Waals surface area contributed by atoms with Gasteiger partial charge in [-0.15, -0.1) is 0 Å². The molecule has 0 radical (unpaired) electrons. The maximum absolute atomic E-state index is 12.5. The van der Waals surface area contributed by atoms with E-state index in [-0.39, 0.29) is 11.4 Å². The van der Waals surface area contributed by atoms with Crippen LogP contribution in [0.4, 0.5) is 5.69 Å². The Balaban J connectivity index is 2.05. The highest BCUT2D eigenvalue weighted by Gasteiger charge is 2.20. The lowest BCUT2D eigenvalue weighted by Crippen LogP contribution is -2.14. The van der Waals surface area contributed by atoms with Crippen molar-refractivity contribution in [3.05, 3.63) is 54.4 Å². The summed E-state index contributed by atoms with van der Waals surface area (Å²) in [4.78, 5) is 7.11. The van der Waals surface area contributed by atoms with Crippen LogP contribution < -0.4 is 10.5 Å². The van der Waals surface area contributed by atoms with E-state index in [1.807, 2.05) is 6.07 Å². The van der Waals surface area contributed by atoms with Crippen LogP contribution in [0.15, 0.2) is 53.7 Å². The predicted molar refractivity (Wildman–Crippen MR) is 81.2 cm³/mol. The van der Waals surface area contributed by atoms with E-state index in [9.17, 15) is 8.42 Å². The van der Waals surface area contributed by atoms with E-state index in [2.05, 4.69) is 14.7 Å². The molecule has 21 heavy (non-hydrogen) atoms. The third-order valence-corrected chi connectivity index (χ3v) is 4.59. The Kier molecular flexibility index (Phi) is 3.36. The molecule has 0 saturated heterocycles. The molecule has 0 spiro atoms. The summed E-state index contributed by atoms with van der Waals surface area (Å²) in [5.41, 5.74) is 7.38. The van der Waals surface area contributed by atoms with Crippen LogP contribution in [0.5, 0.6) is 0 Å². The van der Waals surface area contributed by atoms with Crippen LogP contribution in [0.1, 0.15) is 5.56 Å². The van der Waals surface area contributed by atoms with E-state index in [4.69, 9.17) is 5.73 Å². The zero-order chi connectivity index (χ0) is 14.9. The van der Waals surface area contributed by atoms with Gasteiger partial charge in [0.2, 0.25) is 0 Å². The summed E-state index contributed by atoms with van der Waals surface area (Å²) < 4.78 is 27.7. The fourth-order valence-electron chi connectivity index (χ4n) is 2.15. The molecule has 0 bridgehead atoms. The van der Waals surface area contributed by atoms with Crippen molar-refractivity contribution in [3.63, 3.8) is 0 Å². The van der Waals surface area contributed by atoms with Crippen molar-refractivity contribution < 1.29 is 8.42 Å².